The number of aromatic nitrogens is 2. The van der Waals surface area contributed by atoms with Gasteiger partial charge in [-0.15, -0.1) is 0 Å². The number of hydrogen-bond acceptors (Lipinski definition) is 4. The van der Waals surface area contributed by atoms with Gasteiger partial charge in [-0.1, -0.05) is 24.9 Å². The van der Waals surface area contributed by atoms with Gasteiger partial charge in [0.25, 0.3) is 5.56 Å². The summed E-state index contributed by atoms with van der Waals surface area (Å²) in [6.07, 6.45) is 5.45. The van der Waals surface area contributed by atoms with Crippen molar-refractivity contribution in [3.63, 3.8) is 0 Å². The molecule has 1 aromatic rings. The Kier molecular flexibility index (Phi) is 5.22. The molecule has 19 heavy (non-hydrogen) atoms. The van der Waals surface area contributed by atoms with Crippen molar-refractivity contribution < 1.29 is 4.74 Å². The van der Waals surface area contributed by atoms with Crippen LogP contribution in [-0.2, 0) is 11.3 Å². The minimum atomic E-state index is -0.216. The molecular formula is C13H20ClN3O2. The second-order valence-corrected chi connectivity index (χ2v) is 5.16. The van der Waals surface area contributed by atoms with Crippen LogP contribution in [0.5, 0.6) is 0 Å². The summed E-state index contributed by atoms with van der Waals surface area (Å²) in [4.78, 5) is 12.0. The van der Waals surface area contributed by atoms with Crippen LogP contribution in [0.25, 0.3) is 0 Å². The number of rotatable bonds is 5. The predicted octanol–water partition coefficient (Wildman–Crippen LogP) is 2.29. The van der Waals surface area contributed by atoms with Crippen LogP contribution in [-0.4, -0.2) is 29.0 Å². The summed E-state index contributed by atoms with van der Waals surface area (Å²) < 4.78 is 6.73. The molecule has 0 aromatic carbocycles. The lowest BCUT2D eigenvalue weighted by atomic mass is 10.1. The minimum Gasteiger partial charge on any atom is -0.381 e. The van der Waals surface area contributed by atoms with Gasteiger partial charge in [-0.2, -0.15) is 5.10 Å². The molecule has 1 saturated heterocycles. The SMILES string of the molecule is CCCCn1ncc(NC2CCOCC2)c(Cl)c1=O. The summed E-state index contributed by atoms with van der Waals surface area (Å²) in [7, 11) is 0. The van der Waals surface area contributed by atoms with Gasteiger partial charge in [0.1, 0.15) is 5.02 Å². The van der Waals surface area contributed by atoms with Crippen molar-refractivity contribution in [1.29, 1.82) is 0 Å². The lowest BCUT2D eigenvalue weighted by Crippen LogP contribution is -2.30. The Bertz CT molecular complexity index is 469. The smallest absolute Gasteiger partial charge is 0.287 e. The Hall–Kier alpha value is -1.07. The van der Waals surface area contributed by atoms with Crippen molar-refractivity contribution >= 4 is 17.3 Å². The van der Waals surface area contributed by atoms with Crippen LogP contribution in [0.2, 0.25) is 5.02 Å². The second kappa shape index (κ2) is 6.91. The van der Waals surface area contributed by atoms with Crippen molar-refractivity contribution in [2.24, 2.45) is 0 Å². The zero-order valence-corrected chi connectivity index (χ0v) is 11.9. The molecule has 1 N–H and O–H groups in total. The van der Waals surface area contributed by atoms with E-state index in [2.05, 4.69) is 17.3 Å². The van der Waals surface area contributed by atoms with Gasteiger partial charge in [-0.05, 0) is 19.3 Å². The third kappa shape index (κ3) is 3.70. The number of hydrogen-bond donors (Lipinski definition) is 1. The van der Waals surface area contributed by atoms with E-state index in [9.17, 15) is 4.79 Å². The summed E-state index contributed by atoms with van der Waals surface area (Å²) in [5.41, 5.74) is 0.415. The minimum absolute atomic E-state index is 0.216. The molecule has 6 heteroatoms. The molecule has 2 heterocycles. The Morgan fingerprint density at radius 2 is 2.26 bits per heavy atom. The van der Waals surface area contributed by atoms with E-state index in [1.54, 1.807) is 6.20 Å². The lowest BCUT2D eigenvalue weighted by molar-refractivity contribution is 0.0904. The standard InChI is InChI=1S/C13H20ClN3O2/c1-2-3-6-17-13(18)12(14)11(9-15-17)16-10-4-7-19-8-5-10/h9-10,16H,2-8H2,1H3. The molecule has 106 valence electrons. The zero-order valence-electron chi connectivity index (χ0n) is 11.2. The predicted molar refractivity (Wildman–Crippen MR) is 75.9 cm³/mol. The first-order valence-electron chi connectivity index (χ1n) is 6.82. The molecule has 0 saturated carbocycles. The van der Waals surface area contributed by atoms with Crippen LogP contribution in [0.15, 0.2) is 11.0 Å². The highest BCUT2D eigenvalue weighted by Crippen LogP contribution is 2.19. The van der Waals surface area contributed by atoms with E-state index < -0.39 is 0 Å². The van der Waals surface area contributed by atoms with Gasteiger partial charge >= 0.3 is 0 Å². The third-order valence-corrected chi connectivity index (χ3v) is 3.65. The molecule has 0 amide bonds. The van der Waals surface area contributed by atoms with Gasteiger partial charge in [0.2, 0.25) is 0 Å². The fourth-order valence-corrected chi connectivity index (χ4v) is 2.30. The van der Waals surface area contributed by atoms with Gasteiger partial charge in [-0.25, -0.2) is 4.68 Å². The number of nitrogens with one attached hydrogen (secondary N) is 1. The van der Waals surface area contributed by atoms with E-state index in [4.69, 9.17) is 16.3 Å². The molecule has 1 fully saturated rings. The van der Waals surface area contributed by atoms with Crippen LogP contribution in [0, 0.1) is 0 Å². The van der Waals surface area contributed by atoms with Gasteiger partial charge in [-0.3, -0.25) is 4.79 Å². The van der Waals surface area contributed by atoms with Gasteiger partial charge in [0, 0.05) is 25.8 Å². The van der Waals surface area contributed by atoms with Crippen LogP contribution in [0.3, 0.4) is 0 Å². The normalized spacial score (nSPS) is 16.5. The Balaban J connectivity index is 2.09. The van der Waals surface area contributed by atoms with Crippen LogP contribution >= 0.6 is 11.6 Å². The number of unbranched alkanes of at least 4 members (excludes halogenated alkanes) is 1. The number of nitrogens with zero attached hydrogens (tertiary/aromatic N) is 2. The fourth-order valence-electron chi connectivity index (χ4n) is 2.09. The molecule has 0 radical (unpaired) electrons. The average molecular weight is 286 g/mol. The number of aryl methyl sites for hydroxylation is 1. The average Bonchev–Trinajstić information content (AvgIpc) is 2.44. The van der Waals surface area contributed by atoms with Gasteiger partial charge in [0.05, 0.1) is 11.9 Å². The van der Waals surface area contributed by atoms with E-state index >= 15 is 0 Å². The van der Waals surface area contributed by atoms with E-state index in [0.29, 0.717) is 18.3 Å². The third-order valence-electron chi connectivity index (χ3n) is 3.29. The molecule has 0 atom stereocenters. The quantitative estimate of drug-likeness (QED) is 0.902. The Labute approximate surface area is 117 Å². The lowest BCUT2D eigenvalue weighted by Gasteiger charge is -2.24. The number of anilines is 1. The van der Waals surface area contributed by atoms with Crippen LogP contribution < -0.4 is 10.9 Å². The maximum atomic E-state index is 12.0. The van der Waals surface area contributed by atoms with E-state index in [0.717, 1.165) is 38.9 Å². The fraction of sp³-hybridized carbons (Fsp3) is 0.692. The van der Waals surface area contributed by atoms with Crippen LogP contribution in [0.1, 0.15) is 32.6 Å². The molecular weight excluding hydrogens is 266 g/mol. The Morgan fingerprint density at radius 3 is 2.95 bits per heavy atom. The van der Waals surface area contributed by atoms with Crippen molar-refractivity contribution in [3.8, 4) is 0 Å². The summed E-state index contributed by atoms with van der Waals surface area (Å²) in [5, 5.41) is 7.69. The van der Waals surface area contributed by atoms with E-state index in [1.807, 2.05) is 0 Å². The number of ether oxygens (including phenoxy) is 1. The summed E-state index contributed by atoms with van der Waals surface area (Å²) in [6, 6.07) is 0.305. The second-order valence-electron chi connectivity index (χ2n) is 4.79. The topological polar surface area (TPSA) is 56.1 Å². The summed E-state index contributed by atoms with van der Waals surface area (Å²) in [6.45, 7) is 4.19. The molecule has 1 aliphatic rings. The number of halogens is 1. The Morgan fingerprint density at radius 1 is 1.53 bits per heavy atom. The monoisotopic (exact) mass is 285 g/mol. The van der Waals surface area contributed by atoms with Crippen molar-refractivity contribution in [2.45, 2.75) is 45.2 Å². The van der Waals surface area contributed by atoms with Crippen molar-refractivity contribution in [3.05, 3.63) is 21.6 Å². The van der Waals surface area contributed by atoms with Gasteiger partial charge < -0.3 is 10.1 Å². The summed E-state index contributed by atoms with van der Waals surface area (Å²) >= 11 is 6.13. The molecule has 2 rings (SSSR count). The summed E-state index contributed by atoms with van der Waals surface area (Å²) in [5.74, 6) is 0. The molecule has 0 spiro atoms. The first kappa shape index (κ1) is 14.3. The molecule has 1 aromatic heterocycles. The maximum Gasteiger partial charge on any atom is 0.287 e. The first-order chi connectivity index (χ1) is 9.22. The zero-order chi connectivity index (χ0) is 13.7. The molecule has 0 unspecified atom stereocenters. The van der Waals surface area contributed by atoms with E-state index in [1.165, 1.54) is 4.68 Å². The molecule has 5 nitrogen and oxygen atoms in total. The molecule has 0 aliphatic carbocycles. The van der Waals surface area contributed by atoms with Crippen molar-refractivity contribution in [1.82, 2.24) is 9.78 Å². The highest BCUT2D eigenvalue weighted by atomic mass is 35.5. The largest absolute Gasteiger partial charge is 0.381 e. The highest BCUT2D eigenvalue weighted by Gasteiger charge is 2.16. The molecule has 1 aliphatic heterocycles. The molecule has 0 bridgehead atoms. The maximum absolute atomic E-state index is 12.0. The van der Waals surface area contributed by atoms with Crippen LogP contribution in [0.4, 0.5) is 5.69 Å². The van der Waals surface area contributed by atoms with E-state index in [-0.39, 0.29) is 10.6 Å². The first-order valence-corrected chi connectivity index (χ1v) is 7.20. The van der Waals surface area contributed by atoms with Crippen molar-refractivity contribution in [2.75, 3.05) is 18.5 Å². The van der Waals surface area contributed by atoms with Gasteiger partial charge in [0.15, 0.2) is 0 Å². The highest BCUT2D eigenvalue weighted by molar-refractivity contribution is 6.32.